The molecule has 0 saturated carbocycles. The molecule has 2 rings (SSSR count). The summed E-state index contributed by atoms with van der Waals surface area (Å²) in [6.45, 7) is 0. The van der Waals surface area contributed by atoms with Crippen LogP contribution in [0.1, 0.15) is 27.0 Å². The molecule has 2 aromatic carbocycles. The van der Waals surface area contributed by atoms with Crippen molar-refractivity contribution in [1.29, 1.82) is 0 Å². The molecule has 0 aliphatic heterocycles. The van der Waals surface area contributed by atoms with E-state index in [1.165, 1.54) is 12.1 Å². The quantitative estimate of drug-likeness (QED) is 0.588. The first-order valence-corrected chi connectivity index (χ1v) is 6.64. The Morgan fingerprint density at radius 1 is 1.18 bits per heavy atom. The van der Waals surface area contributed by atoms with E-state index >= 15 is 0 Å². The van der Waals surface area contributed by atoms with Crippen molar-refractivity contribution in [1.82, 2.24) is 0 Å². The van der Waals surface area contributed by atoms with E-state index in [1.807, 2.05) is 0 Å². The minimum atomic E-state index is -4.56. The fraction of sp³-hybridized carbons (Fsp3) is 0.118. The number of hydrogen-bond acceptors (Lipinski definition) is 1. The summed E-state index contributed by atoms with van der Waals surface area (Å²) >= 11 is 5.55. The monoisotopic (exact) mass is 322 g/mol. The number of alkyl halides is 3. The lowest BCUT2D eigenvalue weighted by Crippen LogP contribution is -2.09. The molecule has 0 saturated heterocycles. The largest absolute Gasteiger partial charge is 0.417 e. The molecule has 0 heterocycles. The highest BCUT2D eigenvalue weighted by Gasteiger charge is 2.33. The van der Waals surface area contributed by atoms with Gasteiger partial charge < -0.3 is 0 Å². The zero-order chi connectivity index (χ0) is 16.3. The number of hydrogen-bond donors (Lipinski definition) is 0. The number of halogens is 4. The van der Waals surface area contributed by atoms with Gasteiger partial charge >= 0.3 is 6.18 Å². The fourth-order valence-corrected chi connectivity index (χ4v) is 2.19. The average molecular weight is 323 g/mol. The normalized spacial score (nSPS) is 11.0. The molecular formula is C17H10ClF3O. The van der Waals surface area contributed by atoms with Crippen LogP contribution in [0.5, 0.6) is 0 Å². The second-order valence-corrected chi connectivity index (χ2v) is 5.04. The van der Waals surface area contributed by atoms with Gasteiger partial charge in [0.2, 0.25) is 0 Å². The van der Waals surface area contributed by atoms with Gasteiger partial charge in [0, 0.05) is 17.5 Å². The molecule has 5 heteroatoms. The average Bonchev–Trinajstić information content (AvgIpc) is 2.48. The molecule has 1 nitrogen and oxygen atoms in total. The Balaban J connectivity index is 2.27. The predicted octanol–water partition coefficient (Wildman–Crippen LogP) is 4.77. The van der Waals surface area contributed by atoms with E-state index in [9.17, 15) is 18.0 Å². The highest BCUT2D eigenvalue weighted by atomic mass is 35.5. The second kappa shape index (κ2) is 6.25. The Bertz CT molecular complexity index is 757. The zero-order valence-electron chi connectivity index (χ0n) is 11.2. The van der Waals surface area contributed by atoms with Crippen LogP contribution in [0.2, 0.25) is 5.02 Å². The standard InChI is InChI=1S/C17H10ClF3O/c1-2-11-4-3-5-13(8-11)16(22)10-12-6-7-15(18)14(9-12)17(19,20)21/h1,3-9H,10H2. The molecule has 2 aromatic rings. The Hall–Kier alpha value is -2.25. The van der Waals surface area contributed by atoms with Gasteiger partial charge in [-0.25, -0.2) is 0 Å². The van der Waals surface area contributed by atoms with E-state index in [1.54, 1.807) is 18.2 Å². The highest BCUT2D eigenvalue weighted by molar-refractivity contribution is 6.31. The molecule has 0 aliphatic rings. The number of rotatable bonds is 3. The van der Waals surface area contributed by atoms with Crippen molar-refractivity contribution in [2.75, 3.05) is 0 Å². The number of carbonyl (C=O) groups excluding carboxylic acids is 1. The van der Waals surface area contributed by atoms with Gasteiger partial charge in [-0.3, -0.25) is 4.79 Å². The predicted molar refractivity (Wildman–Crippen MR) is 78.9 cm³/mol. The third-order valence-electron chi connectivity index (χ3n) is 3.05. The van der Waals surface area contributed by atoms with Gasteiger partial charge in [-0.1, -0.05) is 35.7 Å². The van der Waals surface area contributed by atoms with E-state index in [2.05, 4.69) is 5.92 Å². The Labute approximate surface area is 130 Å². The molecule has 0 spiro atoms. The van der Waals surface area contributed by atoms with Crippen molar-refractivity contribution in [3.05, 3.63) is 69.7 Å². The van der Waals surface area contributed by atoms with Crippen LogP contribution in [-0.2, 0) is 12.6 Å². The van der Waals surface area contributed by atoms with E-state index in [0.29, 0.717) is 11.1 Å². The van der Waals surface area contributed by atoms with E-state index in [-0.39, 0.29) is 17.8 Å². The van der Waals surface area contributed by atoms with Crippen LogP contribution in [-0.4, -0.2) is 5.78 Å². The van der Waals surface area contributed by atoms with Crippen LogP contribution < -0.4 is 0 Å². The topological polar surface area (TPSA) is 17.1 Å². The molecule has 0 unspecified atom stereocenters. The van der Waals surface area contributed by atoms with Gasteiger partial charge in [-0.2, -0.15) is 13.2 Å². The van der Waals surface area contributed by atoms with Crippen molar-refractivity contribution in [3.8, 4) is 12.3 Å². The molecule has 0 fully saturated rings. The fourth-order valence-electron chi connectivity index (χ4n) is 1.97. The molecule has 0 atom stereocenters. The first-order chi connectivity index (χ1) is 10.3. The van der Waals surface area contributed by atoms with Gasteiger partial charge in [-0.15, -0.1) is 6.42 Å². The Kier molecular flexibility index (Phi) is 4.58. The number of ketones is 1. The summed E-state index contributed by atoms with van der Waals surface area (Å²) in [5.41, 5.74) is 0.196. The van der Waals surface area contributed by atoms with Crippen LogP contribution in [0.3, 0.4) is 0 Å². The SMILES string of the molecule is C#Cc1cccc(C(=O)Cc2ccc(Cl)c(C(F)(F)F)c2)c1. The number of Topliss-reactive ketones (excluding diaryl/α,β-unsaturated/α-hetero) is 1. The van der Waals surface area contributed by atoms with Crippen LogP contribution in [0.25, 0.3) is 0 Å². The van der Waals surface area contributed by atoms with Gasteiger partial charge in [0.05, 0.1) is 10.6 Å². The summed E-state index contributed by atoms with van der Waals surface area (Å²) in [4.78, 5) is 12.1. The van der Waals surface area contributed by atoms with Gasteiger partial charge in [-0.05, 0) is 29.8 Å². The summed E-state index contributed by atoms with van der Waals surface area (Å²) in [5, 5.41) is -0.391. The van der Waals surface area contributed by atoms with Crippen molar-refractivity contribution in [2.24, 2.45) is 0 Å². The summed E-state index contributed by atoms with van der Waals surface area (Å²) in [7, 11) is 0. The molecule has 22 heavy (non-hydrogen) atoms. The van der Waals surface area contributed by atoms with Crippen LogP contribution in [0, 0.1) is 12.3 Å². The molecule has 0 aliphatic carbocycles. The first kappa shape index (κ1) is 16.1. The van der Waals surface area contributed by atoms with E-state index < -0.39 is 16.8 Å². The Morgan fingerprint density at radius 2 is 1.91 bits per heavy atom. The molecule has 0 N–H and O–H groups in total. The van der Waals surface area contributed by atoms with Crippen molar-refractivity contribution >= 4 is 17.4 Å². The van der Waals surface area contributed by atoms with Gasteiger partial charge in [0.1, 0.15) is 0 Å². The molecular weight excluding hydrogens is 313 g/mol. The molecule has 0 radical (unpaired) electrons. The minimum absolute atomic E-state index is 0.158. The lowest BCUT2D eigenvalue weighted by molar-refractivity contribution is -0.137. The number of carbonyl (C=O) groups is 1. The Morgan fingerprint density at radius 3 is 2.55 bits per heavy atom. The molecule has 0 bridgehead atoms. The van der Waals surface area contributed by atoms with Crippen molar-refractivity contribution in [2.45, 2.75) is 12.6 Å². The lowest BCUT2D eigenvalue weighted by Gasteiger charge is -2.10. The minimum Gasteiger partial charge on any atom is -0.294 e. The highest BCUT2D eigenvalue weighted by Crippen LogP contribution is 2.35. The molecule has 112 valence electrons. The summed E-state index contributed by atoms with van der Waals surface area (Å²) in [6, 6.07) is 9.84. The smallest absolute Gasteiger partial charge is 0.294 e. The van der Waals surface area contributed by atoms with Crippen molar-refractivity contribution < 1.29 is 18.0 Å². The maximum absolute atomic E-state index is 12.8. The molecule has 0 amide bonds. The third kappa shape index (κ3) is 3.69. The van der Waals surface area contributed by atoms with Crippen molar-refractivity contribution in [3.63, 3.8) is 0 Å². The maximum Gasteiger partial charge on any atom is 0.417 e. The summed E-state index contributed by atoms with van der Waals surface area (Å²) < 4.78 is 38.4. The summed E-state index contributed by atoms with van der Waals surface area (Å²) in [6.07, 6.45) is 0.540. The first-order valence-electron chi connectivity index (χ1n) is 6.27. The summed E-state index contributed by atoms with van der Waals surface area (Å²) in [5.74, 6) is 2.09. The van der Waals surface area contributed by atoms with Gasteiger partial charge in [0.25, 0.3) is 0 Å². The van der Waals surface area contributed by atoms with Crippen LogP contribution in [0.4, 0.5) is 13.2 Å². The van der Waals surface area contributed by atoms with E-state index in [4.69, 9.17) is 18.0 Å². The maximum atomic E-state index is 12.8. The third-order valence-corrected chi connectivity index (χ3v) is 3.38. The van der Waals surface area contributed by atoms with E-state index in [0.717, 1.165) is 12.1 Å². The second-order valence-electron chi connectivity index (χ2n) is 4.64. The van der Waals surface area contributed by atoms with Crippen LogP contribution >= 0.6 is 11.6 Å². The lowest BCUT2D eigenvalue weighted by atomic mass is 10.00. The number of benzene rings is 2. The van der Waals surface area contributed by atoms with Crippen LogP contribution in [0.15, 0.2) is 42.5 Å². The number of terminal acetylenes is 1. The van der Waals surface area contributed by atoms with Gasteiger partial charge in [0.15, 0.2) is 5.78 Å². The molecule has 0 aromatic heterocycles. The zero-order valence-corrected chi connectivity index (χ0v) is 12.0.